The zero-order chi connectivity index (χ0) is 28.8. The van der Waals surface area contributed by atoms with Crippen LogP contribution in [0.5, 0.6) is 11.5 Å². The first-order chi connectivity index (χ1) is 19.2. The van der Waals surface area contributed by atoms with Gasteiger partial charge in [-0.05, 0) is 66.9 Å². The summed E-state index contributed by atoms with van der Waals surface area (Å²) < 4.78 is 29.9. The highest BCUT2D eigenvalue weighted by atomic mass is 35.5. The van der Waals surface area contributed by atoms with Crippen LogP contribution in [0.2, 0.25) is 5.02 Å². The molecule has 1 aliphatic heterocycles. The maximum Gasteiger partial charge on any atom is 0.344 e. The number of hydrogen-bond donors (Lipinski definition) is 1. The number of nitrogens with zero attached hydrogens (tertiary/aromatic N) is 1. The molecule has 206 valence electrons. The number of rotatable bonds is 8. The van der Waals surface area contributed by atoms with Gasteiger partial charge < -0.3 is 19.3 Å². The maximum absolute atomic E-state index is 13.5. The first-order valence-corrected chi connectivity index (χ1v) is 13.3. The Hall–Kier alpha value is -4.08. The van der Waals surface area contributed by atoms with Crippen molar-refractivity contribution in [2.45, 2.75) is 20.5 Å². The summed E-state index contributed by atoms with van der Waals surface area (Å²) in [4.78, 5) is 30.0. The number of aliphatic hydroxyl groups is 1. The van der Waals surface area contributed by atoms with Crippen LogP contribution >= 0.6 is 23.4 Å². The van der Waals surface area contributed by atoms with E-state index in [0.29, 0.717) is 22.4 Å². The summed E-state index contributed by atoms with van der Waals surface area (Å²) in [6, 6.07) is 16.2. The average Bonchev–Trinajstić information content (AvgIpc) is 3.22. The van der Waals surface area contributed by atoms with Gasteiger partial charge >= 0.3 is 5.97 Å². The molecule has 0 aliphatic carbocycles. The first-order valence-electron chi connectivity index (χ1n) is 12.2. The lowest BCUT2D eigenvalue weighted by Crippen LogP contribution is -2.14. The molecule has 1 N–H and O–H groups in total. The van der Waals surface area contributed by atoms with E-state index in [1.807, 2.05) is 0 Å². The summed E-state index contributed by atoms with van der Waals surface area (Å²) in [7, 11) is 1.44. The Labute approximate surface area is 239 Å². The topological polar surface area (TPSA) is 94.4 Å². The minimum Gasteiger partial charge on any atom is -0.506 e. The summed E-state index contributed by atoms with van der Waals surface area (Å²) in [6.45, 7) is 3.55. The smallest absolute Gasteiger partial charge is 0.344 e. The van der Waals surface area contributed by atoms with Gasteiger partial charge in [-0.2, -0.15) is 0 Å². The van der Waals surface area contributed by atoms with Crippen LogP contribution < -0.4 is 9.47 Å². The summed E-state index contributed by atoms with van der Waals surface area (Å²) in [5.74, 6) is -1.55. The van der Waals surface area contributed by atoms with E-state index >= 15 is 0 Å². The number of carbonyl (C=O) groups is 2. The monoisotopic (exact) mass is 581 g/mol. The van der Waals surface area contributed by atoms with Crippen molar-refractivity contribution < 1.29 is 33.3 Å². The van der Waals surface area contributed by atoms with Crippen LogP contribution in [0.1, 0.15) is 34.0 Å². The lowest BCUT2D eigenvalue weighted by molar-refractivity contribution is -0.138. The lowest BCUT2D eigenvalue weighted by Gasteiger charge is -2.14. The molecule has 0 atom stereocenters. The Morgan fingerprint density at radius 3 is 2.60 bits per heavy atom. The van der Waals surface area contributed by atoms with E-state index in [1.165, 1.54) is 19.2 Å². The van der Waals surface area contributed by atoms with Crippen LogP contribution in [0.15, 0.2) is 81.9 Å². The molecule has 40 heavy (non-hydrogen) atoms. The molecule has 1 amide bonds. The maximum atomic E-state index is 13.5. The number of hydrogen-bond acceptors (Lipinski definition) is 7. The van der Waals surface area contributed by atoms with Gasteiger partial charge in [-0.1, -0.05) is 53.7 Å². The number of carbonyl (C=O) groups excluding carboxylic acids is 2. The van der Waals surface area contributed by atoms with Gasteiger partial charge in [0.1, 0.15) is 28.8 Å². The van der Waals surface area contributed by atoms with E-state index in [0.717, 1.165) is 17.3 Å². The highest BCUT2D eigenvalue weighted by molar-refractivity contribution is 8.18. The number of esters is 1. The van der Waals surface area contributed by atoms with E-state index in [1.54, 1.807) is 68.5 Å². The summed E-state index contributed by atoms with van der Waals surface area (Å²) >= 11 is 7.45. The number of aliphatic hydroxyl groups excluding tert-OH is 1. The highest BCUT2D eigenvalue weighted by Gasteiger charge is 2.34. The fourth-order valence-electron chi connectivity index (χ4n) is 3.85. The molecule has 0 saturated heterocycles. The van der Waals surface area contributed by atoms with Crippen LogP contribution in [0.3, 0.4) is 0 Å². The van der Waals surface area contributed by atoms with E-state index < -0.39 is 11.9 Å². The molecule has 0 unspecified atom stereocenters. The predicted octanol–water partition coefficient (Wildman–Crippen LogP) is 7.08. The van der Waals surface area contributed by atoms with Crippen LogP contribution in [0.4, 0.5) is 4.39 Å². The fourth-order valence-corrected chi connectivity index (χ4v) is 5.14. The van der Waals surface area contributed by atoms with E-state index in [-0.39, 0.29) is 51.1 Å². The van der Waals surface area contributed by atoms with Gasteiger partial charge in [0.2, 0.25) is 0 Å². The van der Waals surface area contributed by atoms with Gasteiger partial charge in [-0.25, -0.2) is 14.2 Å². The molecule has 0 saturated carbocycles. The quantitative estimate of drug-likeness (QED) is 0.284. The van der Waals surface area contributed by atoms with E-state index in [9.17, 15) is 19.1 Å². The molecule has 1 aliphatic rings. The van der Waals surface area contributed by atoms with E-state index in [2.05, 4.69) is 4.99 Å². The fraction of sp³-hybridized carbons (Fsp3) is 0.167. The van der Waals surface area contributed by atoms with Crippen molar-refractivity contribution in [2.24, 2.45) is 4.99 Å². The number of aliphatic imine (C=N–C) groups is 1. The second-order valence-corrected chi connectivity index (χ2v) is 9.98. The molecule has 0 radical (unpaired) electrons. The molecule has 1 heterocycles. The second-order valence-electron chi connectivity index (χ2n) is 8.54. The SMILES string of the molecule is CCOC(=O)C1=C(O)/C(=C/c2cc(Cl)c(OCc3cccc(F)c3)c(OC)c2)SC1=NC(=O)c1ccccc1C. The summed E-state index contributed by atoms with van der Waals surface area (Å²) in [5.41, 5.74) is 2.03. The zero-order valence-electron chi connectivity index (χ0n) is 21.9. The molecular formula is C30H25ClFNO6S. The van der Waals surface area contributed by atoms with Crippen LogP contribution in [0, 0.1) is 12.7 Å². The predicted molar refractivity (Wildman–Crippen MR) is 154 cm³/mol. The minimum atomic E-state index is -0.802. The molecule has 10 heteroatoms. The largest absolute Gasteiger partial charge is 0.506 e. The van der Waals surface area contributed by atoms with Crippen molar-refractivity contribution in [1.82, 2.24) is 0 Å². The van der Waals surface area contributed by atoms with Crippen molar-refractivity contribution in [2.75, 3.05) is 13.7 Å². The van der Waals surface area contributed by atoms with Crippen LogP contribution in [-0.2, 0) is 16.1 Å². The Bertz CT molecular complexity index is 1570. The number of amides is 1. The standard InChI is InChI=1S/C30H25ClFNO6S/c1-4-38-30(36)25-26(34)24(40-29(25)33-28(35)21-11-6-5-8-17(21)2)15-19-13-22(31)27(23(14-19)37-3)39-16-18-9-7-10-20(32)12-18/h5-15,34H,4,16H2,1-3H3/b24-15-,33-29?. The number of ether oxygens (including phenoxy) is 3. The van der Waals surface area contributed by atoms with Crippen LogP contribution in [-0.4, -0.2) is 35.7 Å². The van der Waals surface area contributed by atoms with Crippen molar-refractivity contribution in [1.29, 1.82) is 0 Å². The molecule has 0 bridgehead atoms. The van der Waals surface area contributed by atoms with Crippen molar-refractivity contribution in [3.63, 3.8) is 0 Å². The normalized spacial score (nSPS) is 15.0. The van der Waals surface area contributed by atoms with Crippen molar-refractivity contribution in [3.05, 3.63) is 110 Å². The molecule has 0 aromatic heterocycles. The highest BCUT2D eigenvalue weighted by Crippen LogP contribution is 2.42. The van der Waals surface area contributed by atoms with E-state index in [4.69, 9.17) is 25.8 Å². The Morgan fingerprint density at radius 2 is 1.90 bits per heavy atom. The van der Waals surface area contributed by atoms with Gasteiger partial charge in [0.05, 0.1) is 23.6 Å². The number of benzene rings is 3. The third kappa shape index (κ3) is 6.55. The number of aryl methyl sites for hydroxylation is 1. The summed E-state index contributed by atoms with van der Waals surface area (Å²) in [6.07, 6.45) is 1.57. The van der Waals surface area contributed by atoms with Crippen molar-refractivity contribution >= 4 is 46.4 Å². The molecule has 0 spiro atoms. The molecule has 0 fully saturated rings. The third-order valence-electron chi connectivity index (χ3n) is 5.77. The molecule has 3 aromatic carbocycles. The van der Waals surface area contributed by atoms with Gasteiger partial charge in [0.15, 0.2) is 11.5 Å². The minimum absolute atomic E-state index is 0.0172. The lowest BCUT2D eigenvalue weighted by atomic mass is 10.1. The van der Waals surface area contributed by atoms with Gasteiger partial charge in [0, 0.05) is 5.56 Å². The Morgan fingerprint density at radius 1 is 1.12 bits per heavy atom. The number of halogens is 2. The molecule has 3 aromatic rings. The number of methoxy groups -OCH3 is 1. The zero-order valence-corrected chi connectivity index (χ0v) is 23.4. The van der Waals surface area contributed by atoms with Gasteiger partial charge in [-0.3, -0.25) is 4.79 Å². The number of thioether (sulfide) groups is 1. The first kappa shape index (κ1) is 28.9. The Kier molecular flexibility index (Phi) is 9.29. The summed E-state index contributed by atoms with van der Waals surface area (Å²) in [5, 5.41) is 11.2. The molecule has 7 nitrogen and oxygen atoms in total. The van der Waals surface area contributed by atoms with Crippen LogP contribution in [0.25, 0.3) is 6.08 Å². The van der Waals surface area contributed by atoms with Crippen molar-refractivity contribution in [3.8, 4) is 11.5 Å². The van der Waals surface area contributed by atoms with Gasteiger partial charge in [-0.15, -0.1) is 0 Å². The Balaban J connectivity index is 1.67. The second kappa shape index (κ2) is 12.8. The molecular weight excluding hydrogens is 557 g/mol. The van der Waals surface area contributed by atoms with Gasteiger partial charge in [0.25, 0.3) is 5.91 Å². The third-order valence-corrected chi connectivity index (χ3v) is 7.07. The molecule has 4 rings (SSSR count). The average molecular weight is 582 g/mol.